The highest BCUT2D eigenvalue weighted by molar-refractivity contribution is 6.18. The molecule has 0 atom stereocenters. The molecule has 13 aromatic rings. The Morgan fingerprint density at radius 3 is 1.68 bits per heavy atom. The van der Waals surface area contributed by atoms with Crippen molar-refractivity contribution >= 4 is 93.0 Å². The lowest BCUT2D eigenvalue weighted by molar-refractivity contribution is 1.18. The largest absolute Gasteiger partial charge is 0.310 e. The summed E-state index contributed by atoms with van der Waals surface area (Å²) in [7, 11) is 0. The summed E-state index contributed by atoms with van der Waals surface area (Å²) in [5.41, 5.74) is 12.7. The molecule has 63 heavy (non-hydrogen) atoms. The van der Waals surface area contributed by atoms with Gasteiger partial charge in [0.25, 0.3) is 0 Å². The van der Waals surface area contributed by atoms with Gasteiger partial charge in [0.1, 0.15) is 0 Å². The average Bonchev–Trinajstić information content (AvgIpc) is 3.87. The number of benzene rings is 11. The van der Waals surface area contributed by atoms with Crippen LogP contribution in [0.1, 0.15) is 0 Å². The second-order valence-electron chi connectivity index (χ2n) is 16.5. The topological polar surface area (TPSA) is 13.1 Å². The molecule has 294 valence electrons. The number of hydrogen-bond donors (Lipinski definition) is 0. The fraction of sp³-hybridized carbons (Fsp3) is 0. The molecule has 13 rings (SSSR count). The van der Waals surface area contributed by atoms with Gasteiger partial charge in [-0.3, -0.25) is 0 Å². The molecule has 0 fully saturated rings. The van der Waals surface area contributed by atoms with Gasteiger partial charge in [0.05, 0.1) is 33.4 Å². The Morgan fingerprint density at radius 1 is 0.286 bits per heavy atom. The summed E-state index contributed by atoms with van der Waals surface area (Å²) in [6.45, 7) is 0. The zero-order valence-corrected chi connectivity index (χ0v) is 34.4. The van der Waals surface area contributed by atoms with Crippen molar-refractivity contribution in [1.29, 1.82) is 0 Å². The van der Waals surface area contributed by atoms with Crippen molar-refractivity contribution in [3.63, 3.8) is 0 Å². The number of anilines is 3. The first-order chi connectivity index (χ1) is 31.3. The lowest BCUT2D eigenvalue weighted by Crippen LogP contribution is -2.10. The molecule has 0 N–H and O–H groups in total. The van der Waals surface area contributed by atoms with E-state index in [-0.39, 0.29) is 0 Å². The van der Waals surface area contributed by atoms with E-state index in [0.29, 0.717) is 0 Å². The number of rotatable bonds is 6. The fourth-order valence-electron chi connectivity index (χ4n) is 10.2. The molecule has 2 aromatic heterocycles. The Balaban J connectivity index is 1.10. The third-order valence-electron chi connectivity index (χ3n) is 13.0. The first-order valence-electron chi connectivity index (χ1n) is 21.7. The molecular weight excluding hydrogens is 763 g/mol. The van der Waals surface area contributed by atoms with Crippen LogP contribution in [0.4, 0.5) is 17.1 Å². The molecule has 2 heterocycles. The Labute approximate surface area is 364 Å². The molecule has 0 radical (unpaired) electrons. The number of aromatic nitrogens is 2. The summed E-state index contributed by atoms with van der Waals surface area (Å²) < 4.78 is 4.93. The molecule has 3 heteroatoms. The van der Waals surface area contributed by atoms with Crippen LogP contribution in [0.2, 0.25) is 0 Å². The van der Waals surface area contributed by atoms with Gasteiger partial charge in [0.15, 0.2) is 0 Å². The highest BCUT2D eigenvalue weighted by Crippen LogP contribution is 2.46. The second kappa shape index (κ2) is 14.1. The third-order valence-corrected chi connectivity index (χ3v) is 13.0. The first-order valence-corrected chi connectivity index (χ1v) is 21.7. The van der Waals surface area contributed by atoms with Gasteiger partial charge in [-0.15, -0.1) is 0 Å². The molecule has 0 amide bonds. The van der Waals surface area contributed by atoms with E-state index in [9.17, 15) is 0 Å². The summed E-state index contributed by atoms with van der Waals surface area (Å²) in [5, 5.41) is 12.3. The Kier molecular flexibility index (Phi) is 7.91. The quantitative estimate of drug-likeness (QED) is 0.153. The molecule has 11 aromatic carbocycles. The van der Waals surface area contributed by atoms with Crippen LogP contribution in [-0.4, -0.2) is 9.13 Å². The Hall–Kier alpha value is -8.40. The van der Waals surface area contributed by atoms with E-state index in [4.69, 9.17) is 0 Å². The highest BCUT2D eigenvalue weighted by atomic mass is 15.2. The van der Waals surface area contributed by atoms with Gasteiger partial charge < -0.3 is 14.0 Å². The molecule has 0 saturated heterocycles. The Bertz CT molecular complexity index is 3910. The summed E-state index contributed by atoms with van der Waals surface area (Å²) in [4.78, 5) is 2.47. The van der Waals surface area contributed by atoms with E-state index >= 15 is 0 Å². The molecule has 0 saturated carbocycles. The molecule has 0 bridgehead atoms. The van der Waals surface area contributed by atoms with Crippen molar-refractivity contribution in [3.8, 4) is 22.5 Å². The predicted molar refractivity (Wildman–Crippen MR) is 268 cm³/mol. The zero-order valence-electron chi connectivity index (χ0n) is 34.4. The van der Waals surface area contributed by atoms with Crippen molar-refractivity contribution < 1.29 is 0 Å². The normalized spacial score (nSPS) is 11.8. The summed E-state index contributed by atoms with van der Waals surface area (Å²) in [6, 6.07) is 86.7. The fourth-order valence-corrected chi connectivity index (χ4v) is 10.2. The van der Waals surface area contributed by atoms with Crippen LogP contribution in [-0.2, 0) is 0 Å². The maximum Gasteiger partial charge on any atom is 0.0562 e. The first kappa shape index (κ1) is 35.4. The SMILES string of the molecule is c1ccc(-c2ccc(N(c3ccc4c5ccccc5n(-c5cc6ccccc6c6ccccc56)c4c3)c3cccc4c3c3ccccc3n4-c3ccc4ccccc4c3)cc2)cc1. The summed E-state index contributed by atoms with van der Waals surface area (Å²) >= 11 is 0. The van der Waals surface area contributed by atoms with E-state index in [1.807, 2.05) is 0 Å². The van der Waals surface area contributed by atoms with Crippen molar-refractivity contribution in [3.05, 3.63) is 237 Å². The highest BCUT2D eigenvalue weighted by Gasteiger charge is 2.23. The molecule has 0 aliphatic heterocycles. The second-order valence-corrected chi connectivity index (χ2v) is 16.5. The van der Waals surface area contributed by atoms with Crippen LogP contribution >= 0.6 is 0 Å². The minimum atomic E-state index is 1.08. The van der Waals surface area contributed by atoms with Gasteiger partial charge in [-0.2, -0.15) is 0 Å². The van der Waals surface area contributed by atoms with Gasteiger partial charge in [0.2, 0.25) is 0 Å². The number of nitrogens with zero attached hydrogens (tertiary/aromatic N) is 3. The van der Waals surface area contributed by atoms with E-state index in [1.165, 1.54) is 81.7 Å². The minimum absolute atomic E-state index is 1.08. The van der Waals surface area contributed by atoms with Gasteiger partial charge in [-0.1, -0.05) is 170 Å². The van der Waals surface area contributed by atoms with Crippen molar-refractivity contribution in [2.24, 2.45) is 0 Å². The number of fused-ring (bicyclic) bond motifs is 10. The van der Waals surface area contributed by atoms with E-state index in [1.54, 1.807) is 0 Å². The minimum Gasteiger partial charge on any atom is -0.310 e. The predicted octanol–water partition coefficient (Wildman–Crippen LogP) is 16.5. The number of para-hydroxylation sites is 2. The smallest absolute Gasteiger partial charge is 0.0562 e. The van der Waals surface area contributed by atoms with Crippen LogP contribution in [0, 0.1) is 0 Å². The van der Waals surface area contributed by atoms with E-state index in [2.05, 4.69) is 251 Å². The van der Waals surface area contributed by atoms with Crippen LogP contribution < -0.4 is 4.90 Å². The van der Waals surface area contributed by atoms with Crippen LogP contribution in [0.25, 0.3) is 98.4 Å². The van der Waals surface area contributed by atoms with Crippen molar-refractivity contribution in [2.75, 3.05) is 4.90 Å². The summed E-state index contributed by atoms with van der Waals surface area (Å²) in [5.74, 6) is 0. The van der Waals surface area contributed by atoms with E-state index < -0.39 is 0 Å². The van der Waals surface area contributed by atoms with Gasteiger partial charge in [-0.25, -0.2) is 0 Å². The van der Waals surface area contributed by atoms with Crippen molar-refractivity contribution in [2.45, 2.75) is 0 Å². The molecule has 0 aliphatic carbocycles. The molecule has 3 nitrogen and oxygen atoms in total. The maximum absolute atomic E-state index is 2.49. The maximum atomic E-state index is 2.49. The van der Waals surface area contributed by atoms with Crippen LogP contribution in [0.15, 0.2) is 237 Å². The van der Waals surface area contributed by atoms with Gasteiger partial charge in [0, 0.05) is 44.0 Å². The standard InChI is InChI=1S/C60H39N3/c1-2-15-40(16-3-1)42-29-32-45(33-30-42)61(56-27-14-28-57-60(56)53-24-11-13-26-55(53)62(57)46-34-31-41-17-4-5-18-43(41)37-46)47-35-36-52-51-23-10-12-25-54(51)63(59(52)39-47)58-38-44-19-6-7-20-48(44)49-21-8-9-22-50(49)58/h1-39H. The van der Waals surface area contributed by atoms with E-state index in [0.717, 1.165) is 33.8 Å². The lowest BCUT2D eigenvalue weighted by Gasteiger charge is -2.27. The molecular formula is C60H39N3. The molecule has 0 aliphatic rings. The number of hydrogen-bond acceptors (Lipinski definition) is 1. The zero-order chi connectivity index (χ0) is 41.4. The van der Waals surface area contributed by atoms with Gasteiger partial charge in [-0.05, 0) is 105 Å². The monoisotopic (exact) mass is 801 g/mol. The summed E-state index contributed by atoms with van der Waals surface area (Å²) in [6.07, 6.45) is 0. The third kappa shape index (κ3) is 5.53. The van der Waals surface area contributed by atoms with Gasteiger partial charge >= 0.3 is 0 Å². The van der Waals surface area contributed by atoms with Crippen LogP contribution in [0.5, 0.6) is 0 Å². The lowest BCUT2D eigenvalue weighted by atomic mass is 10.00. The molecule has 0 spiro atoms. The molecule has 0 unspecified atom stereocenters. The average molecular weight is 802 g/mol. The van der Waals surface area contributed by atoms with Crippen molar-refractivity contribution in [1.82, 2.24) is 9.13 Å². The van der Waals surface area contributed by atoms with Crippen LogP contribution in [0.3, 0.4) is 0 Å². The Morgan fingerprint density at radius 2 is 0.873 bits per heavy atom.